The largest absolute Gasteiger partial charge is 0.495 e. The Hall–Kier alpha value is -4.76. The minimum Gasteiger partial charge on any atom is -0.495 e. The minimum absolute atomic E-state index is 0.0702. The lowest BCUT2D eigenvalue weighted by Crippen LogP contribution is -2.47. The van der Waals surface area contributed by atoms with Gasteiger partial charge in [-0.1, -0.05) is 6.92 Å². The standard InChI is InChI=1S/C28H36N10O5/c1-3-20-25(32-18-6-12-43-13-7-18)35-26(23(34-20)24(29)39)33-19-4-5-21(22(14-19)42-2)37-8-10-38(11-9-37)28-30-15-17(16-31-28)27(40)36-41/h4-5,14-16,18,41H,3,6-13H2,1-2H3,(H2,29,39)(H,36,40)(H2,32,33,35). The van der Waals surface area contributed by atoms with Crippen LogP contribution in [0.25, 0.3) is 0 Å². The van der Waals surface area contributed by atoms with E-state index < -0.39 is 11.8 Å². The second kappa shape index (κ2) is 13.5. The molecule has 2 aliphatic rings. The first-order valence-electron chi connectivity index (χ1n) is 14.2. The van der Waals surface area contributed by atoms with Crippen molar-refractivity contribution in [2.75, 3.05) is 66.9 Å². The number of aromatic nitrogens is 4. The topological polar surface area (TPSA) is 193 Å². The van der Waals surface area contributed by atoms with Crippen LogP contribution in [0.2, 0.25) is 0 Å². The molecule has 43 heavy (non-hydrogen) atoms. The normalized spacial score (nSPS) is 15.6. The molecule has 0 atom stereocenters. The van der Waals surface area contributed by atoms with Gasteiger partial charge in [0.1, 0.15) is 5.75 Å². The summed E-state index contributed by atoms with van der Waals surface area (Å²) in [5.74, 6) is 0.715. The number of nitrogens with one attached hydrogen (secondary N) is 3. The van der Waals surface area contributed by atoms with Crippen LogP contribution in [-0.2, 0) is 11.2 Å². The maximum Gasteiger partial charge on any atom is 0.277 e. The highest BCUT2D eigenvalue weighted by Gasteiger charge is 2.24. The lowest BCUT2D eigenvalue weighted by molar-refractivity contribution is 0.0705. The lowest BCUT2D eigenvalue weighted by atomic mass is 10.1. The number of anilines is 5. The number of carbonyl (C=O) groups excluding carboxylic acids is 2. The molecule has 0 bridgehead atoms. The quantitative estimate of drug-likeness (QED) is 0.169. The average molecular weight is 593 g/mol. The third-order valence-corrected chi connectivity index (χ3v) is 7.45. The van der Waals surface area contributed by atoms with E-state index in [1.54, 1.807) is 12.6 Å². The molecule has 228 valence electrons. The van der Waals surface area contributed by atoms with Gasteiger partial charge in [0.05, 0.1) is 24.1 Å². The van der Waals surface area contributed by atoms with E-state index in [1.165, 1.54) is 12.4 Å². The summed E-state index contributed by atoms with van der Waals surface area (Å²) in [6.07, 6.45) is 5.07. The molecule has 0 radical (unpaired) electrons. The zero-order valence-corrected chi connectivity index (χ0v) is 24.2. The number of carbonyl (C=O) groups is 2. The number of hydroxylamine groups is 1. The van der Waals surface area contributed by atoms with E-state index in [9.17, 15) is 9.59 Å². The fourth-order valence-electron chi connectivity index (χ4n) is 5.09. The van der Waals surface area contributed by atoms with E-state index in [0.717, 1.165) is 18.5 Å². The van der Waals surface area contributed by atoms with Gasteiger partial charge in [-0.25, -0.2) is 25.4 Å². The first-order chi connectivity index (χ1) is 20.9. The van der Waals surface area contributed by atoms with Gasteiger partial charge in [0.25, 0.3) is 11.8 Å². The molecule has 2 fully saturated rings. The molecule has 2 aromatic heterocycles. The molecule has 2 amide bonds. The van der Waals surface area contributed by atoms with Crippen LogP contribution in [0.4, 0.5) is 29.0 Å². The van der Waals surface area contributed by atoms with Gasteiger partial charge in [-0.3, -0.25) is 14.8 Å². The van der Waals surface area contributed by atoms with Crippen LogP contribution in [0, 0.1) is 0 Å². The number of hydrogen-bond donors (Lipinski definition) is 5. The van der Waals surface area contributed by atoms with Crippen molar-refractivity contribution in [2.24, 2.45) is 5.73 Å². The fraction of sp³-hybridized carbons (Fsp3) is 0.429. The Morgan fingerprint density at radius 2 is 1.77 bits per heavy atom. The Morgan fingerprint density at radius 3 is 2.40 bits per heavy atom. The highest BCUT2D eigenvalue weighted by Crippen LogP contribution is 2.34. The van der Waals surface area contributed by atoms with E-state index in [0.29, 0.717) is 74.7 Å². The van der Waals surface area contributed by atoms with E-state index in [-0.39, 0.29) is 23.1 Å². The molecule has 0 unspecified atom stereocenters. The van der Waals surface area contributed by atoms with Gasteiger partial charge < -0.3 is 35.6 Å². The van der Waals surface area contributed by atoms with Crippen molar-refractivity contribution in [1.29, 1.82) is 0 Å². The van der Waals surface area contributed by atoms with Gasteiger partial charge in [0, 0.05) is 69.6 Å². The fourth-order valence-corrected chi connectivity index (χ4v) is 5.09. The van der Waals surface area contributed by atoms with Gasteiger partial charge in [0.2, 0.25) is 5.95 Å². The number of amides is 2. The van der Waals surface area contributed by atoms with E-state index in [4.69, 9.17) is 25.4 Å². The van der Waals surface area contributed by atoms with Crippen LogP contribution in [0.1, 0.15) is 46.3 Å². The lowest BCUT2D eigenvalue weighted by Gasteiger charge is -2.36. The smallest absolute Gasteiger partial charge is 0.277 e. The minimum atomic E-state index is -0.668. The summed E-state index contributed by atoms with van der Waals surface area (Å²) >= 11 is 0. The summed E-state index contributed by atoms with van der Waals surface area (Å²) in [5, 5.41) is 15.5. The summed E-state index contributed by atoms with van der Waals surface area (Å²) in [7, 11) is 1.61. The number of piperazine rings is 1. The van der Waals surface area contributed by atoms with E-state index >= 15 is 0 Å². The predicted octanol–water partition coefficient (Wildman–Crippen LogP) is 1.72. The zero-order chi connectivity index (χ0) is 30.3. The molecule has 15 heteroatoms. The molecular weight excluding hydrogens is 556 g/mol. The third kappa shape index (κ3) is 6.84. The predicted molar refractivity (Wildman–Crippen MR) is 159 cm³/mol. The summed E-state index contributed by atoms with van der Waals surface area (Å²) in [5.41, 5.74) is 9.76. The molecule has 0 spiro atoms. The number of benzene rings is 1. The Balaban J connectivity index is 1.30. The Labute approximate surface area is 248 Å². The maximum absolute atomic E-state index is 12.3. The number of aryl methyl sites for hydroxylation is 1. The second-order valence-corrected chi connectivity index (χ2v) is 10.2. The van der Waals surface area contributed by atoms with Crippen molar-refractivity contribution in [3.05, 3.63) is 47.5 Å². The number of primary amides is 1. The first-order valence-corrected chi connectivity index (χ1v) is 14.2. The number of rotatable bonds is 10. The number of nitrogens with zero attached hydrogens (tertiary/aromatic N) is 6. The van der Waals surface area contributed by atoms with Crippen LogP contribution in [0.5, 0.6) is 5.75 Å². The van der Waals surface area contributed by atoms with Gasteiger partial charge in [0.15, 0.2) is 17.3 Å². The summed E-state index contributed by atoms with van der Waals surface area (Å²) in [6.45, 7) is 6.00. The van der Waals surface area contributed by atoms with Crippen LogP contribution >= 0.6 is 0 Å². The molecule has 4 heterocycles. The van der Waals surface area contributed by atoms with Crippen molar-refractivity contribution in [3.8, 4) is 5.75 Å². The molecule has 3 aromatic rings. The van der Waals surface area contributed by atoms with Crippen molar-refractivity contribution in [2.45, 2.75) is 32.2 Å². The first kappa shape index (κ1) is 29.7. The van der Waals surface area contributed by atoms with Gasteiger partial charge >= 0.3 is 0 Å². The zero-order valence-electron chi connectivity index (χ0n) is 24.2. The van der Waals surface area contributed by atoms with E-state index in [2.05, 4.69) is 30.5 Å². The summed E-state index contributed by atoms with van der Waals surface area (Å²) in [4.78, 5) is 45.9. The van der Waals surface area contributed by atoms with Crippen LogP contribution in [0.15, 0.2) is 30.6 Å². The van der Waals surface area contributed by atoms with Crippen LogP contribution < -0.4 is 36.4 Å². The van der Waals surface area contributed by atoms with Gasteiger partial charge in [-0.15, -0.1) is 0 Å². The maximum atomic E-state index is 12.3. The van der Waals surface area contributed by atoms with Crippen LogP contribution in [-0.4, -0.2) is 89.5 Å². The van der Waals surface area contributed by atoms with Crippen LogP contribution in [0.3, 0.4) is 0 Å². The third-order valence-electron chi connectivity index (χ3n) is 7.45. The average Bonchev–Trinajstić information content (AvgIpc) is 3.05. The Morgan fingerprint density at radius 1 is 1.07 bits per heavy atom. The van der Waals surface area contributed by atoms with Crippen molar-refractivity contribution in [1.82, 2.24) is 25.4 Å². The molecule has 1 aromatic carbocycles. The molecule has 0 aliphatic carbocycles. The van der Waals surface area contributed by atoms with E-state index in [1.807, 2.05) is 30.0 Å². The summed E-state index contributed by atoms with van der Waals surface area (Å²) in [6, 6.07) is 5.90. The van der Waals surface area contributed by atoms with Gasteiger partial charge in [-0.05, 0) is 31.4 Å². The van der Waals surface area contributed by atoms with Crippen molar-refractivity contribution < 1.29 is 24.3 Å². The van der Waals surface area contributed by atoms with Crippen molar-refractivity contribution in [3.63, 3.8) is 0 Å². The molecule has 6 N–H and O–H groups in total. The van der Waals surface area contributed by atoms with Gasteiger partial charge in [-0.2, -0.15) is 0 Å². The monoisotopic (exact) mass is 592 g/mol. The molecular formula is C28H36N10O5. The summed E-state index contributed by atoms with van der Waals surface area (Å²) < 4.78 is 11.2. The molecule has 2 saturated heterocycles. The SMILES string of the molecule is CCc1nc(C(N)=O)c(Nc2ccc(N3CCN(c4ncc(C(=O)NO)cn4)CC3)c(OC)c2)nc1NC1CCOCC1. The highest BCUT2D eigenvalue weighted by atomic mass is 16.5. The second-order valence-electron chi connectivity index (χ2n) is 10.2. The Kier molecular flexibility index (Phi) is 9.32. The molecule has 2 aliphatic heterocycles. The molecule has 15 nitrogen and oxygen atoms in total. The van der Waals surface area contributed by atoms with Crippen molar-refractivity contribution >= 4 is 40.8 Å². The Bertz CT molecular complexity index is 1440. The molecule has 5 rings (SSSR count). The number of ether oxygens (including phenoxy) is 2. The molecule has 0 saturated carbocycles. The number of methoxy groups -OCH3 is 1. The number of nitrogens with two attached hydrogens (primary N) is 1. The number of hydrogen-bond acceptors (Lipinski definition) is 13. The highest BCUT2D eigenvalue weighted by molar-refractivity contribution is 5.96.